The molecule has 1 fully saturated rings. The number of aromatic nitrogens is 2. The maximum atomic E-state index is 12.9. The zero-order valence-electron chi connectivity index (χ0n) is 16.2. The van der Waals surface area contributed by atoms with Gasteiger partial charge in [-0.2, -0.15) is 0 Å². The van der Waals surface area contributed by atoms with Gasteiger partial charge in [0.2, 0.25) is 0 Å². The summed E-state index contributed by atoms with van der Waals surface area (Å²) < 4.78 is 0. The maximum absolute atomic E-state index is 12.9. The number of carbonyl (C=O) groups is 1. The first-order valence-electron chi connectivity index (χ1n) is 10.1. The van der Waals surface area contributed by atoms with E-state index in [4.69, 9.17) is 0 Å². The Labute approximate surface area is 170 Å². The highest BCUT2D eigenvalue weighted by Gasteiger charge is 2.26. The number of benzene rings is 1. The molecule has 0 atom stereocenters. The lowest BCUT2D eigenvalue weighted by atomic mass is 10.2. The Morgan fingerprint density at radius 1 is 0.793 bits per heavy atom. The maximum Gasteiger partial charge on any atom is 0.276 e. The molecule has 1 aromatic carbocycles. The molecule has 2 aromatic heterocycles. The van der Waals surface area contributed by atoms with Gasteiger partial charge in [0.1, 0.15) is 11.5 Å². The third-order valence-corrected chi connectivity index (χ3v) is 5.72. The molecule has 0 aliphatic carbocycles. The van der Waals surface area contributed by atoms with E-state index in [1.54, 1.807) is 0 Å². The summed E-state index contributed by atoms with van der Waals surface area (Å²) in [6.45, 7) is 4.37. The van der Waals surface area contributed by atoms with Gasteiger partial charge in [-0.3, -0.25) is 4.79 Å². The van der Waals surface area contributed by atoms with Crippen LogP contribution in [0.5, 0.6) is 0 Å². The minimum atomic E-state index is -0.0264. The first-order valence-corrected chi connectivity index (χ1v) is 10.1. The Hall–Kier alpha value is -3.41. The van der Waals surface area contributed by atoms with E-state index in [1.165, 1.54) is 5.56 Å². The first kappa shape index (κ1) is 17.7. The molecule has 2 aliphatic rings. The minimum Gasteiger partial charge on any atom is -0.367 e. The largest absolute Gasteiger partial charge is 0.367 e. The van der Waals surface area contributed by atoms with Gasteiger partial charge in [0.05, 0.1) is 11.9 Å². The van der Waals surface area contributed by atoms with Crippen molar-refractivity contribution in [1.82, 2.24) is 9.97 Å². The van der Waals surface area contributed by atoms with Gasteiger partial charge in [-0.25, -0.2) is 9.97 Å². The number of piperazine rings is 1. The minimum absolute atomic E-state index is 0.0264. The molecule has 0 N–H and O–H groups in total. The molecule has 6 heteroatoms. The highest BCUT2D eigenvalue weighted by molar-refractivity contribution is 6.06. The molecule has 29 heavy (non-hydrogen) atoms. The monoisotopic (exact) mass is 385 g/mol. The molecule has 0 bridgehead atoms. The van der Waals surface area contributed by atoms with Crippen LogP contribution < -0.4 is 14.7 Å². The second kappa shape index (κ2) is 7.54. The molecule has 1 amide bonds. The standard InChI is InChI=1S/C23H23N5O/c29-23(28-12-10-18-5-1-2-6-21(18)28)20-9-8-19(17-25-20)26-13-15-27(16-14-26)22-7-3-4-11-24-22/h1-9,11,17H,10,12-16H2. The molecule has 0 saturated carbocycles. The fraction of sp³-hybridized carbons (Fsp3) is 0.261. The van der Waals surface area contributed by atoms with Gasteiger partial charge in [0.25, 0.3) is 5.91 Å². The molecule has 3 aromatic rings. The highest BCUT2D eigenvalue weighted by Crippen LogP contribution is 2.29. The van der Waals surface area contributed by atoms with Crippen LogP contribution in [0.3, 0.4) is 0 Å². The first-order chi connectivity index (χ1) is 14.3. The molecule has 146 valence electrons. The van der Waals surface area contributed by atoms with E-state index in [0.29, 0.717) is 5.69 Å². The number of hydrogen-bond donors (Lipinski definition) is 0. The third kappa shape index (κ3) is 3.42. The molecule has 6 nitrogen and oxygen atoms in total. The van der Waals surface area contributed by atoms with E-state index < -0.39 is 0 Å². The quantitative estimate of drug-likeness (QED) is 0.694. The van der Waals surface area contributed by atoms with Crippen LogP contribution >= 0.6 is 0 Å². The number of pyridine rings is 2. The molecule has 4 heterocycles. The lowest BCUT2D eigenvalue weighted by molar-refractivity contribution is 0.0984. The summed E-state index contributed by atoms with van der Waals surface area (Å²) in [6.07, 6.45) is 4.56. The number of rotatable bonds is 3. The topological polar surface area (TPSA) is 52.6 Å². The van der Waals surface area contributed by atoms with Gasteiger partial charge in [0, 0.05) is 44.6 Å². The van der Waals surface area contributed by atoms with Gasteiger partial charge >= 0.3 is 0 Å². The summed E-state index contributed by atoms with van der Waals surface area (Å²) in [5.74, 6) is 0.999. The van der Waals surface area contributed by atoms with Crippen molar-refractivity contribution in [2.45, 2.75) is 6.42 Å². The van der Waals surface area contributed by atoms with Gasteiger partial charge in [-0.1, -0.05) is 24.3 Å². The van der Waals surface area contributed by atoms with E-state index in [-0.39, 0.29) is 5.91 Å². The van der Waals surface area contributed by atoms with Crippen LogP contribution in [-0.2, 0) is 6.42 Å². The van der Waals surface area contributed by atoms with Crippen molar-refractivity contribution in [2.24, 2.45) is 0 Å². The Morgan fingerprint density at radius 3 is 2.34 bits per heavy atom. The van der Waals surface area contributed by atoms with Gasteiger partial charge in [0.15, 0.2) is 0 Å². The molecule has 0 spiro atoms. The van der Waals surface area contributed by atoms with E-state index >= 15 is 0 Å². The summed E-state index contributed by atoms with van der Waals surface area (Å²) in [4.78, 5) is 28.3. The molecule has 2 aliphatic heterocycles. The van der Waals surface area contributed by atoms with E-state index in [1.807, 2.05) is 65.8 Å². The molecular formula is C23H23N5O. The lowest BCUT2D eigenvalue weighted by Gasteiger charge is -2.36. The third-order valence-electron chi connectivity index (χ3n) is 5.72. The van der Waals surface area contributed by atoms with Crippen molar-refractivity contribution >= 4 is 23.1 Å². The normalized spacial score (nSPS) is 16.1. The second-order valence-corrected chi connectivity index (χ2v) is 7.40. The smallest absolute Gasteiger partial charge is 0.276 e. The van der Waals surface area contributed by atoms with E-state index in [2.05, 4.69) is 25.8 Å². The number of nitrogens with zero attached hydrogens (tertiary/aromatic N) is 5. The Balaban J connectivity index is 1.25. The van der Waals surface area contributed by atoms with Crippen molar-refractivity contribution < 1.29 is 4.79 Å². The number of fused-ring (bicyclic) bond motifs is 1. The molecular weight excluding hydrogens is 362 g/mol. The number of amides is 1. The van der Waals surface area contributed by atoms with Crippen molar-refractivity contribution in [3.8, 4) is 0 Å². The van der Waals surface area contributed by atoms with E-state index in [9.17, 15) is 4.79 Å². The zero-order valence-corrected chi connectivity index (χ0v) is 16.2. The number of carbonyl (C=O) groups excluding carboxylic acids is 1. The molecule has 0 radical (unpaired) electrons. The molecule has 0 unspecified atom stereocenters. The van der Waals surface area contributed by atoms with Crippen LogP contribution in [-0.4, -0.2) is 48.6 Å². The average Bonchev–Trinajstić information content (AvgIpc) is 3.24. The fourth-order valence-corrected chi connectivity index (χ4v) is 4.12. The predicted octanol–water partition coefficient (Wildman–Crippen LogP) is 3.01. The predicted molar refractivity (Wildman–Crippen MR) is 115 cm³/mol. The molecule has 1 saturated heterocycles. The summed E-state index contributed by atoms with van der Waals surface area (Å²) >= 11 is 0. The Morgan fingerprint density at radius 2 is 1.59 bits per heavy atom. The fourth-order valence-electron chi connectivity index (χ4n) is 4.12. The van der Waals surface area contributed by atoms with E-state index in [0.717, 1.165) is 56.3 Å². The number of hydrogen-bond acceptors (Lipinski definition) is 5. The van der Waals surface area contributed by atoms with Gasteiger partial charge in [-0.05, 0) is 42.3 Å². The van der Waals surface area contributed by atoms with Crippen molar-refractivity contribution in [3.05, 3.63) is 78.2 Å². The average molecular weight is 385 g/mol. The summed E-state index contributed by atoms with van der Waals surface area (Å²) in [7, 11) is 0. The summed E-state index contributed by atoms with van der Waals surface area (Å²) in [6, 6.07) is 18.0. The summed E-state index contributed by atoms with van der Waals surface area (Å²) in [5, 5.41) is 0. The van der Waals surface area contributed by atoms with Gasteiger partial charge in [-0.15, -0.1) is 0 Å². The SMILES string of the molecule is O=C(c1ccc(N2CCN(c3ccccn3)CC2)cn1)N1CCc2ccccc21. The van der Waals surface area contributed by atoms with Crippen LogP contribution in [0.25, 0.3) is 0 Å². The number of para-hydroxylation sites is 1. The Bertz CT molecular complexity index is 997. The van der Waals surface area contributed by atoms with Crippen molar-refractivity contribution in [1.29, 1.82) is 0 Å². The van der Waals surface area contributed by atoms with Gasteiger partial charge < -0.3 is 14.7 Å². The van der Waals surface area contributed by atoms with Crippen LogP contribution in [0.4, 0.5) is 17.2 Å². The number of anilines is 3. The van der Waals surface area contributed by atoms with Crippen LogP contribution in [0, 0.1) is 0 Å². The lowest BCUT2D eigenvalue weighted by Crippen LogP contribution is -2.46. The zero-order chi connectivity index (χ0) is 19.6. The Kier molecular flexibility index (Phi) is 4.60. The van der Waals surface area contributed by atoms with Crippen LogP contribution in [0.15, 0.2) is 67.0 Å². The van der Waals surface area contributed by atoms with Crippen LogP contribution in [0.1, 0.15) is 16.1 Å². The van der Waals surface area contributed by atoms with Crippen LogP contribution in [0.2, 0.25) is 0 Å². The van der Waals surface area contributed by atoms with Crippen molar-refractivity contribution in [3.63, 3.8) is 0 Å². The molecule has 5 rings (SSSR count). The summed E-state index contributed by atoms with van der Waals surface area (Å²) in [5.41, 5.74) is 3.79. The van der Waals surface area contributed by atoms with Crippen molar-refractivity contribution in [2.75, 3.05) is 47.4 Å². The highest BCUT2D eigenvalue weighted by atomic mass is 16.2. The second-order valence-electron chi connectivity index (χ2n) is 7.40.